The molecule has 2 aromatic rings. The number of hydrogen-bond donors (Lipinski definition) is 0. The molecule has 2 aromatic carbocycles. The van der Waals surface area contributed by atoms with E-state index in [2.05, 4.69) is 4.90 Å². The molecule has 0 bridgehead atoms. The summed E-state index contributed by atoms with van der Waals surface area (Å²) < 4.78 is 0. The van der Waals surface area contributed by atoms with E-state index in [1.807, 2.05) is 0 Å². The quantitative estimate of drug-likeness (QED) is 0.542. The van der Waals surface area contributed by atoms with Crippen molar-refractivity contribution in [1.82, 2.24) is 4.90 Å². The van der Waals surface area contributed by atoms with Crippen LogP contribution >= 0.6 is 11.6 Å². The lowest BCUT2D eigenvalue weighted by molar-refractivity contribution is -0.123. The molecular formula is C24H21ClN2O4. The molecule has 3 aliphatic rings. The second-order valence-corrected chi connectivity index (χ2v) is 8.87. The van der Waals surface area contributed by atoms with Gasteiger partial charge in [-0.1, -0.05) is 11.6 Å². The highest BCUT2D eigenvalue weighted by Crippen LogP contribution is 2.48. The van der Waals surface area contributed by atoms with E-state index in [-0.39, 0.29) is 29.4 Å². The molecule has 3 heterocycles. The highest BCUT2D eigenvalue weighted by atomic mass is 35.5. The van der Waals surface area contributed by atoms with E-state index in [9.17, 15) is 19.2 Å². The minimum Gasteiger partial charge on any atom is -0.295 e. The smallest absolute Gasteiger partial charge is 0.239 e. The third kappa shape index (κ3) is 3.05. The van der Waals surface area contributed by atoms with Crippen LogP contribution in [0.5, 0.6) is 0 Å². The van der Waals surface area contributed by atoms with Crippen LogP contribution in [-0.4, -0.2) is 46.9 Å². The summed E-state index contributed by atoms with van der Waals surface area (Å²) in [6.07, 6.45) is 1.69. The molecule has 31 heavy (non-hydrogen) atoms. The number of imide groups is 1. The Morgan fingerprint density at radius 2 is 1.52 bits per heavy atom. The molecule has 3 aliphatic heterocycles. The molecule has 7 heteroatoms. The van der Waals surface area contributed by atoms with E-state index < -0.39 is 17.9 Å². The normalized spacial score (nSPS) is 27.5. The number of amides is 2. The number of rotatable bonds is 4. The lowest BCUT2D eigenvalue weighted by Gasteiger charge is -2.27. The highest BCUT2D eigenvalue weighted by molar-refractivity contribution is 6.30. The summed E-state index contributed by atoms with van der Waals surface area (Å²) in [6.45, 7) is 2.17. The number of nitrogens with zero attached hydrogens (tertiary/aromatic N) is 2. The average Bonchev–Trinajstić information content (AvgIpc) is 3.40. The monoisotopic (exact) mass is 436 g/mol. The van der Waals surface area contributed by atoms with Crippen LogP contribution in [0.4, 0.5) is 5.69 Å². The van der Waals surface area contributed by atoms with Crippen LogP contribution in [0.3, 0.4) is 0 Å². The molecule has 0 radical (unpaired) electrons. The summed E-state index contributed by atoms with van der Waals surface area (Å²) in [5, 5.41) is 0.534. The molecular weight excluding hydrogens is 416 g/mol. The number of fused-ring (bicyclic) bond motifs is 3. The van der Waals surface area contributed by atoms with Gasteiger partial charge in [-0.25, -0.2) is 4.90 Å². The molecule has 2 amide bonds. The molecule has 3 fully saturated rings. The summed E-state index contributed by atoms with van der Waals surface area (Å²) in [4.78, 5) is 55.2. The highest BCUT2D eigenvalue weighted by Gasteiger charge is 2.64. The fourth-order valence-corrected chi connectivity index (χ4v) is 5.53. The molecule has 4 atom stereocenters. The summed E-state index contributed by atoms with van der Waals surface area (Å²) in [6, 6.07) is 12.4. The Kier molecular flexibility index (Phi) is 4.79. The van der Waals surface area contributed by atoms with E-state index in [0.29, 0.717) is 28.4 Å². The SMILES string of the molecule is CC(=O)c1ccc(N2C(=O)[C@@H]3[C@H](C2=O)[C@@H](C(=O)c2ccc(Cl)cc2)N2CCC[C@@H]32)cc1. The van der Waals surface area contributed by atoms with Crippen molar-refractivity contribution in [1.29, 1.82) is 0 Å². The van der Waals surface area contributed by atoms with Crippen molar-refractivity contribution in [3.63, 3.8) is 0 Å². The fourth-order valence-electron chi connectivity index (χ4n) is 5.40. The van der Waals surface area contributed by atoms with E-state index in [0.717, 1.165) is 12.8 Å². The van der Waals surface area contributed by atoms with Crippen LogP contribution < -0.4 is 4.90 Å². The number of carbonyl (C=O) groups excluding carboxylic acids is 4. The summed E-state index contributed by atoms with van der Waals surface area (Å²) in [5.74, 6) is -2.05. The largest absolute Gasteiger partial charge is 0.295 e. The first kappa shape index (κ1) is 20.1. The van der Waals surface area contributed by atoms with Gasteiger partial charge in [0.1, 0.15) is 0 Å². The first-order valence-electron chi connectivity index (χ1n) is 10.4. The van der Waals surface area contributed by atoms with Gasteiger partial charge in [-0.2, -0.15) is 0 Å². The number of benzene rings is 2. The molecule has 0 N–H and O–H groups in total. The maximum atomic E-state index is 13.5. The fraction of sp³-hybridized carbons (Fsp3) is 0.333. The summed E-state index contributed by atoms with van der Waals surface area (Å²) in [7, 11) is 0. The van der Waals surface area contributed by atoms with Crippen molar-refractivity contribution in [2.45, 2.75) is 31.8 Å². The third-order valence-electron chi connectivity index (χ3n) is 6.78. The van der Waals surface area contributed by atoms with Gasteiger partial charge in [0, 0.05) is 22.2 Å². The van der Waals surface area contributed by atoms with Crippen molar-refractivity contribution in [2.24, 2.45) is 11.8 Å². The summed E-state index contributed by atoms with van der Waals surface area (Å²) >= 11 is 5.97. The molecule has 3 saturated heterocycles. The number of halogens is 1. The number of ketones is 2. The number of hydrogen-bond acceptors (Lipinski definition) is 5. The van der Waals surface area contributed by atoms with Crippen LogP contribution in [-0.2, 0) is 9.59 Å². The van der Waals surface area contributed by atoms with Gasteiger partial charge in [0.2, 0.25) is 11.8 Å². The van der Waals surface area contributed by atoms with Gasteiger partial charge in [0.05, 0.1) is 23.6 Å². The van der Waals surface area contributed by atoms with Crippen LogP contribution in [0.15, 0.2) is 48.5 Å². The Labute approximate surface area is 184 Å². The second kappa shape index (κ2) is 7.39. The molecule has 0 aliphatic carbocycles. The van der Waals surface area contributed by atoms with Gasteiger partial charge in [-0.05, 0) is 74.8 Å². The number of Topliss-reactive ketones (excluding diaryl/α,β-unsaturated/α-hetero) is 2. The first-order chi connectivity index (χ1) is 14.9. The molecule has 5 rings (SSSR count). The average molecular weight is 437 g/mol. The van der Waals surface area contributed by atoms with Crippen molar-refractivity contribution < 1.29 is 19.2 Å². The Balaban J connectivity index is 1.52. The van der Waals surface area contributed by atoms with Crippen molar-refractivity contribution in [3.05, 3.63) is 64.7 Å². The Hall–Kier alpha value is -2.83. The van der Waals surface area contributed by atoms with E-state index in [1.54, 1.807) is 48.5 Å². The lowest BCUT2D eigenvalue weighted by Crippen LogP contribution is -2.46. The van der Waals surface area contributed by atoms with E-state index in [1.165, 1.54) is 11.8 Å². The van der Waals surface area contributed by atoms with Gasteiger partial charge in [0.25, 0.3) is 0 Å². The van der Waals surface area contributed by atoms with Crippen LogP contribution in [0.25, 0.3) is 0 Å². The maximum Gasteiger partial charge on any atom is 0.239 e. The van der Waals surface area contributed by atoms with Gasteiger partial charge in [-0.3, -0.25) is 24.1 Å². The third-order valence-corrected chi connectivity index (χ3v) is 7.03. The number of anilines is 1. The van der Waals surface area contributed by atoms with Gasteiger partial charge in [-0.15, -0.1) is 0 Å². The van der Waals surface area contributed by atoms with Gasteiger partial charge < -0.3 is 0 Å². The zero-order valence-electron chi connectivity index (χ0n) is 17.0. The molecule has 0 unspecified atom stereocenters. The minimum atomic E-state index is -0.700. The Morgan fingerprint density at radius 3 is 2.16 bits per heavy atom. The van der Waals surface area contributed by atoms with Crippen molar-refractivity contribution >= 4 is 40.7 Å². The first-order valence-corrected chi connectivity index (χ1v) is 10.8. The maximum absolute atomic E-state index is 13.5. The standard InChI is InChI=1S/C24H21ClN2O4/c1-13(28)14-6-10-17(11-7-14)27-23(30)19-18-3-2-12-26(18)21(20(19)24(27)31)22(29)15-4-8-16(25)9-5-15/h4-11,18-21H,2-3,12H2,1H3/t18-,19-,20-,21-/m0/s1. The second-order valence-electron chi connectivity index (χ2n) is 8.43. The molecule has 0 spiro atoms. The van der Waals surface area contributed by atoms with Crippen molar-refractivity contribution in [2.75, 3.05) is 11.4 Å². The predicted octanol–water partition coefficient (Wildman–Crippen LogP) is 3.38. The van der Waals surface area contributed by atoms with Gasteiger partial charge in [0.15, 0.2) is 11.6 Å². The lowest BCUT2D eigenvalue weighted by atomic mass is 9.85. The molecule has 0 saturated carbocycles. The van der Waals surface area contributed by atoms with Crippen molar-refractivity contribution in [3.8, 4) is 0 Å². The number of carbonyl (C=O) groups is 4. The Morgan fingerprint density at radius 1 is 0.903 bits per heavy atom. The minimum absolute atomic E-state index is 0.0854. The predicted molar refractivity (Wildman–Crippen MR) is 115 cm³/mol. The zero-order valence-corrected chi connectivity index (χ0v) is 17.7. The van der Waals surface area contributed by atoms with Crippen LogP contribution in [0.1, 0.15) is 40.5 Å². The summed E-state index contributed by atoms with van der Waals surface area (Å²) in [5.41, 5.74) is 1.45. The topological polar surface area (TPSA) is 74.8 Å². The van der Waals surface area contributed by atoms with Crippen LogP contribution in [0, 0.1) is 11.8 Å². The van der Waals surface area contributed by atoms with E-state index in [4.69, 9.17) is 11.6 Å². The zero-order chi connectivity index (χ0) is 21.9. The van der Waals surface area contributed by atoms with E-state index >= 15 is 0 Å². The van der Waals surface area contributed by atoms with Crippen LogP contribution in [0.2, 0.25) is 5.02 Å². The molecule has 6 nitrogen and oxygen atoms in total. The van der Waals surface area contributed by atoms with Gasteiger partial charge >= 0.3 is 0 Å². The molecule has 158 valence electrons. The Bertz CT molecular complexity index is 1100. The molecule has 0 aromatic heterocycles.